The first-order chi connectivity index (χ1) is 7.17. The molecule has 0 aromatic heterocycles. The molecule has 0 rings (SSSR count). The molecule has 0 heterocycles. The van der Waals surface area contributed by atoms with Crippen LogP contribution in [0.1, 0.15) is 34.6 Å². The third-order valence-electron chi connectivity index (χ3n) is 1.75. The van der Waals surface area contributed by atoms with Crippen molar-refractivity contribution in [2.75, 3.05) is 12.4 Å². The summed E-state index contributed by atoms with van der Waals surface area (Å²) in [6.45, 7) is 9.00. The topological polar surface area (TPSA) is 46.6 Å². The predicted octanol–water partition coefficient (Wildman–Crippen LogP) is 2.44. The molecule has 1 amide bonds. The van der Waals surface area contributed by atoms with Gasteiger partial charge in [-0.05, 0) is 34.6 Å². The summed E-state index contributed by atoms with van der Waals surface area (Å²) < 4.78 is 5.20. The molecule has 0 bridgehead atoms. The fourth-order valence-electron chi connectivity index (χ4n) is 1.01. The molecule has 0 aliphatic carbocycles. The Morgan fingerprint density at radius 3 is 2.12 bits per heavy atom. The van der Waals surface area contributed by atoms with Crippen molar-refractivity contribution in [3.63, 3.8) is 0 Å². The van der Waals surface area contributed by atoms with Crippen molar-refractivity contribution in [2.45, 2.75) is 46.3 Å². The summed E-state index contributed by atoms with van der Waals surface area (Å²) >= 11 is 5.41. The van der Waals surface area contributed by atoms with Crippen LogP contribution in [0.2, 0.25) is 0 Å². The predicted molar refractivity (Wildman–Crippen MR) is 63.8 cm³/mol. The summed E-state index contributed by atoms with van der Waals surface area (Å²) in [5, 5.41) is 0. The summed E-state index contributed by atoms with van der Waals surface area (Å²) in [4.78, 5) is 24.3. The second-order valence-electron chi connectivity index (χ2n) is 4.87. The highest BCUT2D eigenvalue weighted by Crippen LogP contribution is 2.11. The molecule has 0 aromatic rings. The lowest BCUT2D eigenvalue weighted by Gasteiger charge is -2.29. The van der Waals surface area contributed by atoms with Crippen LogP contribution in [0, 0.1) is 0 Å². The monoisotopic (exact) mass is 249 g/mol. The number of Topliss-reactive ketones (excluding diaryl/α,β-unsaturated/α-hetero) is 1. The van der Waals surface area contributed by atoms with E-state index in [1.807, 2.05) is 13.8 Å². The van der Waals surface area contributed by atoms with Gasteiger partial charge in [0.05, 0.1) is 12.4 Å². The second-order valence-corrected chi connectivity index (χ2v) is 5.14. The average molecular weight is 250 g/mol. The van der Waals surface area contributed by atoms with Crippen molar-refractivity contribution in [3.8, 4) is 0 Å². The Bertz CT molecular complexity index is 258. The van der Waals surface area contributed by atoms with E-state index in [1.54, 1.807) is 20.8 Å². The van der Waals surface area contributed by atoms with Crippen molar-refractivity contribution < 1.29 is 14.3 Å². The average Bonchev–Trinajstić information content (AvgIpc) is 2.09. The molecule has 0 spiro atoms. The zero-order valence-electron chi connectivity index (χ0n) is 10.5. The Kier molecular flexibility index (Phi) is 5.79. The Balaban J connectivity index is 4.54. The van der Waals surface area contributed by atoms with Crippen LogP contribution in [-0.2, 0) is 9.53 Å². The number of alkyl halides is 1. The minimum atomic E-state index is -0.561. The second kappa shape index (κ2) is 6.09. The third kappa shape index (κ3) is 5.95. The smallest absolute Gasteiger partial charge is 0.410 e. The standard InChI is InChI=1S/C11H20ClNO3/c1-8(2)13(7-9(14)6-12)10(15)16-11(3,4)5/h8H,6-7H2,1-5H3. The van der Waals surface area contributed by atoms with Gasteiger partial charge in [0.25, 0.3) is 0 Å². The number of rotatable bonds is 4. The number of hydrogen-bond donors (Lipinski definition) is 0. The minimum Gasteiger partial charge on any atom is -0.444 e. The van der Waals surface area contributed by atoms with Gasteiger partial charge in [-0.1, -0.05) is 0 Å². The Hall–Kier alpha value is -0.770. The van der Waals surface area contributed by atoms with Crippen LogP contribution in [0.3, 0.4) is 0 Å². The summed E-state index contributed by atoms with van der Waals surface area (Å²) in [5.74, 6) is -0.285. The molecule has 0 aliphatic rings. The lowest BCUT2D eigenvalue weighted by molar-refractivity contribution is -0.118. The first-order valence-corrected chi connectivity index (χ1v) is 5.78. The maximum Gasteiger partial charge on any atom is 0.410 e. The van der Waals surface area contributed by atoms with E-state index in [0.717, 1.165) is 0 Å². The van der Waals surface area contributed by atoms with Crippen molar-refractivity contribution >= 4 is 23.5 Å². The quantitative estimate of drug-likeness (QED) is 0.719. The van der Waals surface area contributed by atoms with E-state index in [-0.39, 0.29) is 24.2 Å². The number of hydrogen-bond acceptors (Lipinski definition) is 3. The summed E-state index contributed by atoms with van der Waals surface area (Å²) in [6.07, 6.45) is -0.485. The molecular formula is C11H20ClNO3. The molecule has 94 valence electrons. The number of carbonyl (C=O) groups excluding carboxylic acids is 2. The molecule has 0 aliphatic heterocycles. The maximum atomic E-state index is 11.8. The Morgan fingerprint density at radius 2 is 1.81 bits per heavy atom. The molecular weight excluding hydrogens is 230 g/mol. The van der Waals surface area contributed by atoms with Gasteiger partial charge in [-0.25, -0.2) is 4.79 Å². The molecule has 0 radical (unpaired) electrons. The van der Waals surface area contributed by atoms with E-state index in [9.17, 15) is 9.59 Å². The van der Waals surface area contributed by atoms with E-state index >= 15 is 0 Å². The first-order valence-electron chi connectivity index (χ1n) is 5.24. The maximum absolute atomic E-state index is 11.8. The number of carbonyl (C=O) groups is 2. The molecule has 0 N–H and O–H groups in total. The zero-order valence-corrected chi connectivity index (χ0v) is 11.3. The molecule has 5 heteroatoms. The largest absolute Gasteiger partial charge is 0.444 e. The van der Waals surface area contributed by atoms with E-state index in [0.29, 0.717) is 0 Å². The number of amides is 1. The van der Waals surface area contributed by atoms with Crippen molar-refractivity contribution in [1.29, 1.82) is 0 Å². The van der Waals surface area contributed by atoms with Gasteiger partial charge in [-0.15, -0.1) is 11.6 Å². The van der Waals surface area contributed by atoms with Crippen molar-refractivity contribution in [3.05, 3.63) is 0 Å². The van der Waals surface area contributed by atoms with Crippen LogP contribution in [0.15, 0.2) is 0 Å². The SMILES string of the molecule is CC(C)N(CC(=O)CCl)C(=O)OC(C)(C)C. The molecule has 0 aromatic carbocycles. The number of ether oxygens (including phenoxy) is 1. The van der Waals surface area contributed by atoms with Crippen LogP contribution >= 0.6 is 11.6 Å². The van der Waals surface area contributed by atoms with Crippen LogP contribution < -0.4 is 0 Å². The third-order valence-corrected chi connectivity index (χ3v) is 2.05. The van der Waals surface area contributed by atoms with Gasteiger partial charge in [-0.3, -0.25) is 9.69 Å². The fourth-order valence-corrected chi connectivity index (χ4v) is 1.10. The molecule has 0 unspecified atom stereocenters. The lowest BCUT2D eigenvalue weighted by Crippen LogP contribution is -2.44. The molecule has 0 saturated carbocycles. The van der Waals surface area contributed by atoms with E-state index in [2.05, 4.69) is 0 Å². The normalized spacial score (nSPS) is 11.4. The number of ketones is 1. The highest BCUT2D eigenvalue weighted by atomic mass is 35.5. The van der Waals surface area contributed by atoms with E-state index in [1.165, 1.54) is 4.90 Å². The molecule has 16 heavy (non-hydrogen) atoms. The van der Waals surface area contributed by atoms with Gasteiger partial charge < -0.3 is 4.74 Å². The first kappa shape index (κ1) is 15.2. The molecule has 0 fully saturated rings. The number of halogens is 1. The molecule has 0 saturated heterocycles. The van der Waals surface area contributed by atoms with Gasteiger partial charge in [-0.2, -0.15) is 0 Å². The van der Waals surface area contributed by atoms with Crippen molar-refractivity contribution in [2.24, 2.45) is 0 Å². The van der Waals surface area contributed by atoms with Crippen LogP contribution in [0.5, 0.6) is 0 Å². The molecule has 0 atom stereocenters. The van der Waals surface area contributed by atoms with Gasteiger partial charge in [0.1, 0.15) is 5.60 Å². The van der Waals surface area contributed by atoms with Gasteiger partial charge >= 0.3 is 6.09 Å². The van der Waals surface area contributed by atoms with Gasteiger partial charge in [0, 0.05) is 6.04 Å². The van der Waals surface area contributed by atoms with Crippen LogP contribution in [-0.4, -0.2) is 40.8 Å². The highest BCUT2D eigenvalue weighted by Gasteiger charge is 2.25. The van der Waals surface area contributed by atoms with E-state index in [4.69, 9.17) is 16.3 Å². The summed E-state index contributed by atoms with van der Waals surface area (Å²) in [7, 11) is 0. The van der Waals surface area contributed by atoms with E-state index < -0.39 is 11.7 Å². The zero-order chi connectivity index (χ0) is 12.9. The number of nitrogens with zero attached hydrogens (tertiary/aromatic N) is 1. The van der Waals surface area contributed by atoms with Gasteiger partial charge in [0.2, 0.25) is 0 Å². The Morgan fingerprint density at radius 1 is 1.31 bits per heavy atom. The highest BCUT2D eigenvalue weighted by molar-refractivity contribution is 6.28. The van der Waals surface area contributed by atoms with Gasteiger partial charge in [0.15, 0.2) is 5.78 Å². The molecule has 4 nitrogen and oxygen atoms in total. The summed E-state index contributed by atoms with van der Waals surface area (Å²) in [6, 6.07) is -0.0954. The fraction of sp³-hybridized carbons (Fsp3) is 0.818. The minimum absolute atomic E-state index is 0.00389. The van der Waals surface area contributed by atoms with Crippen LogP contribution in [0.25, 0.3) is 0 Å². The van der Waals surface area contributed by atoms with Crippen LogP contribution in [0.4, 0.5) is 4.79 Å². The summed E-state index contributed by atoms with van der Waals surface area (Å²) in [5.41, 5.74) is -0.561. The lowest BCUT2D eigenvalue weighted by atomic mass is 10.2. The Labute approximate surface area is 102 Å². The van der Waals surface area contributed by atoms with Crippen molar-refractivity contribution in [1.82, 2.24) is 4.90 Å².